The molecule has 1 atom stereocenters. The van der Waals surface area contributed by atoms with E-state index in [1.807, 2.05) is 24.8 Å². The fraction of sp³-hybridized carbons (Fsp3) is 0.421. The molecule has 1 fully saturated rings. The molecule has 2 aliphatic rings. The van der Waals surface area contributed by atoms with Gasteiger partial charge < -0.3 is 9.42 Å². The van der Waals surface area contributed by atoms with Crippen molar-refractivity contribution in [2.45, 2.75) is 39.7 Å². The van der Waals surface area contributed by atoms with Crippen LogP contribution < -0.4 is 5.48 Å². The van der Waals surface area contributed by atoms with Crippen LogP contribution in [0, 0.1) is 19.3 Å². The molecule has 0 bridgehead atoms. The van der Waals surface area contributed by atoms with E-state index >= 15 is 0 Å². The Morgan fingerprint density at radius 1 is 1.38 bits per heavy atom. The quantitative estimate of drug-likeness (QED) is 0.648. The Hall–Kier alpha value is -2.67. The molecular formula is C19H21N3O4. The number of hydroxylamine groups is 1. The summed E-state index contributed by atoms with van der Waals surface area (Å²) in [5.74, 6) is 0.328. The Bertz CT molecular complexity index is 885. The lowest BCUT2D eigenvalue weighted by atomic mass is 9.83. The lowest BCUT2D eigenvalue weighted by Crippen LogP contribution is -2.35. The van der Waals surface area contributed by atoms with Gasteiger partial charge >= 0.3 is 0 Å². The molecule has 2 heterocycles. The summed E-state index contributed by atoms with van der Waals surface area (Å²) in [7, 11) is 0. The molecule has 0 radical (unpaired) electrons. The van der Waals surface area contributed by atoms with Crippen LogP contribution in [0.15, 0.2) is 22.7 Å². The van der Waals surface area contributed by atoms with Crippen LogP contribution in [0.3, 0.4) is 0 Å². The van der Waals surface area contributed by atoms with Gasteiger partial charge in [0.05, 0.1) is 17.7 Å². The number of nitrogens with zero attached hydrogens (tertiary/aromatic N) is 2. The Morgan fingerprint density at radius 3 is 2.88 bits per heavy atom. The van der Waals surface area contributed by atoms with Crippen molar-refractivity contribution < 1.29 is 19.3 Å². The number of hydrogen-bond donors (Lipinski definition) is 2. The van der Waals surface area contributed by atoms with Crippen LogP contribution in [-0.4, -0.2) is 33.6 Å². The van der Waals surface area contributed by atoms with E-state index in [-0.39, 0.29) is 5.91 Å². The van der Waals surface area contributed by atoms with Crippen molar-refractivity contribution in [2.24, 2.45) is 5.41 Å². The molecule has 1 aliphatic heterocycles. The lowest BCUT2D eigenvalue weighted by Gasteiger charge is -2.22. The average molecular weight is 355 g/mol. The first kappa shape index (κ1) is 16.8. The zero-order valence-corrected chi connectivity index (χ0v) is 14.8. The molecule has 1 spiro atoms. The van der Waals surface area contributed by atoms with Crippen LogP contribution >= 0.6 is 0 Å². The van der Waals surface area contributed by atoms with E-state index in [0.29, 0.717) is 31.5 Å². The molecule has 2 N–H and O–H groups in total. The van der Waals surface area contributed by atoms with E-state index in [1.165, 1.54) is 0 Å². The second-order valence-corrected chi connectivity index (χ2v) is 7.30. The van der Waals surface area contributed by atoms with Crippen LogP contribution in [0.4, 0.5) is 0 Å². The van der Waals surface area contributed by atoms with Gasteiger partial charge in [-0.25, -0.2) is 5.48 Å². The standard InChI is InChI=1S/C19H21N3O4/c1-11-16(12(2)26-21-11)10-22-7-6-19(18(22)24)8-13-4-3-5-14(15(13)9-19)17(23)20-25/h3-5,25H,6-10H2,1-2H3,(H,20,23). The van der Waals surface area contributed by atoms with Gasteiger partial charge in [-0.15, -0.1) is 0 Å². The van der Waals surface area contributed by atoms with Gasteiger partial charge in [0, 0.05) is 17.7 Å². The molecule has 1 aliphatic carbocycles. The maximum Gasteiger partial charge on any atom is 0.274 e. The number of aryl methyl sites for hydroxylation is 2. The highest BCUT2D eigenvalue weighted by Gasteiger charge is 2.50. The summed E-state index contributed by atoms with van der Waals surface area (Å²) in [5.41, 5.74) is 5.31. The molecule has 4 rings (SSSR count). The molecule has 1 aromatic heterocycles. The minimum atomic E-state index is -0.531. The summed E-state index contributed by atoms with van der Waals surface area (Å²) >= 11 is 0. The third-order valence-electron chi connectivity index (χ3n) is 5.79. The average Bonchev–Trinajstić information content (AvgIpc) is 3.27. The largest absolute Gasteiger partial charge is 0.361 e. The minimum absolute atomic E-state index is 0.115. The van der Waals surface area contributed by atoms with Gasteiger partial charge in [-0.3, -0.25) is 14.8 Å². The summed E-state index contributed by atoms with van der Waals surface area (Å²) in [5, 5.41) is 12.9. The predicted octanol–water partition coefficient (Wildman–Crippen LogP) is 1.93. The maximum atomic E-state index is 13.2. The number of benzene rings is 1. The third kappa shape index (κ3) is 2.42. The van der Waals surface area contributed by atoms with Gasteiger partial charge in [-0.05, 0) is 50.3 Å². The van der Waals surface area contributed by atoms with Gasteiger partial charge in [0.25, 0.3) is 5.91 Å². The summed E-state index contributed by atoms with van der Waals surface area (Å²) in [6, 6.07) is 5.44. The third-order valence-corrected chi connectivity index (χ3v) is 5.79. The van der Waals surface area contributed by atoms with Crippen molar-refractivity contribution in [2.75, 3.05) is 6.54 Å². The minimum Gasteiger partial charge on any atom is -0.361 e. The Kier molecular flexibility index (Phi) is 3.84. The van der Waals surface area contributed by atoms with Gasteiger partial charge in [-0.1, -0.05) is 17.3 Å². The fourth-order valence-corrected chi connectivity index (χ4v) is 4.34. The number of carbonyl (C=O) groups is 2. The lowest BCUT2D eigenvalue weighted by molar-refractivity contribution is -0.136. The second-order valence-electron chi connectivity index (χ2n) is 7.30. The molecule has 2 aromatic rings. The Labute approximate surface area is 150 Å². The first-order valence-corrected chi connectivity index (χ1v) is 8.71. The number of rotatable bonds is 3. The molecule has 1 unspecified atom stereocenters. The molecule has 1 aromatic carbocycles. The molecule has 136 valence electrons. The van der Waals surface area contributed by atoms with Crippen LogP contribution in [0.2, 0.25) is 0 Å². The number of likely N-dealkylation sites (tertiary alicyclic amines) is 1. The number of amides is 2. The zero-order valence-electron chi connectivity index (χ0n) is 14.8. The molecular weight excluding hydrogens is 334 g/mol. The van der Waals surface area contributed by atoms with Crippen LogP contribution in [0.25, 0.3) is 0 Å². The summed E-state index contributed by atoms with van der Waals surface area (Å²) in [6.07, 6.45) is 1.92. The van der Waals surface area contributed by atoms with E-state index in [1.54, 1.807) is 17.6 Å². The van der Waals surface area contributed by atoms with Crippen LogP contribution in [0.1, 0.15) is 44.9 Å². The predicted molar refractivity (Wildman–Crippen MR) is 91.5 cm³/mol. The summed E-state index contributed by atoms with van der Waals surface area (Å²) < 4.78 is 5.21. The van der Waals surface area contributed by atoms with E-state index in [9.17, 15) is 9.59 Å². The van der Waals surface area contributed by atoms with Crippen molar-refractivity contribution in [3.8, 4) is 0 Å². The van der Waals surface area contributed by atoms with Crippen molar-refractivity contribution in [3.05, 3.63) is 51.9 Å². The zero-order chi connectivity index (χ0) is 18.5. The molecule has 7 nitrogen and oxygen atoms in total. The van der Waals surface area contributed by atoms with Crippen molar-refractivity contribution in [1.29, 1.82) is 0 Å². The first-order valence-electron chi connectivity index (χ1n) is 8.71. The topological polar surface area (TPSA) is 95.7 Å². The molecule has 26 heavy (non-hydrogen) atoms. The molecule has 2 amide bonds. The highest BCUT2D eigenvalue weighted by molar-refractivity contribution is 5.96. The fourth-order valence-electron chi connectivity index (χ4n) is 4.34. The van der Waals surface area contributed by atoms with E-state index in [4.69, 9.17) is 9.73 Å². The highest BCUT2D eigenvalue weighted by Crippen LogP contribution is 2.46. The monoisotopic (exact) mass is 355 g/mol. The summed E-state index contributed by atoms with van der Waals surface area (Å²) in [6.45, 7) is 4.92. The van der Waals surface area contributed by atoms with Gasteiger partial charge in [0.15, 0.2) is 0 Å². The van der Waals surface area contributed by atoms with E-state index in [2.05, 4.69) is 5.16 Å². The van der Waals surface area contributed by atoms with E-state index < -0.39 is 11.3 Å². The van der Waals surface area contributed by atoms with Crippen molar-refractivity contribution in [3.63, 3.8) is 0 Å². The normalized spacial score (nSPS) is 21.5. The number of carbonyl (C=O) groups excluding carboxylic acids is 2. The Morgan fingerprint density at radius 2 is 2.19 bits per heavy atom. The number of nitrogens with one attached hydrogen (secondary N) is 1. The van der Waals surface area contributed by atoms with Gasteiger partial charge in [0.1, 0.15) is 5.76 Å². The second kappa shape index (κ2) is 5.95. The molecule has 7 heteroatoms. The van der Waals surface area contributed by atoms with Crippen LogP contribution in [0.5, 0.6) is 0 Å². The van der Waals surface area contributed by atoms with Gasteiger partial charge in [0.2, 0.25) is 5.91 Å². The SMILES string of the molecule is Cc1noc(C)c1CN1CCC2(Cc3cccc(C(=O)NO)c3C2)C1=O. The Balaban J connectivity index is 1.60. The smallest absolute Gasteiger partial charge is 0.274 e. The maximum absolute atomic E-state index is 13.2. The highest BCUT2D eigenvalue weighted by atomic mass is 16.5. The van der Waals surface area contributed by atoms with Crippen LogP contribution in [-0.2, 0) is 24.2 Å². The summed E-state index contributed by atoms with van der Waals surface area (Å²) in [4.78, 5) is 27.0. The number of aromatic nitrogens is 1. The van der Waals surface area contributed by atoms with E-state index in [0.717, 1.165) is 34.6 Å². The first-order chi connectivity index (χ1) is 12.4. The number of hydrogen-bond acceptors (Lipinski definition) is 5. The molecule has 1 saturated heterocycles. The molecule has 0 saturated carbocycles. The van der Waals surface area contributed by atoms with Gasteiger partial charge in [-0.2, -0.15) is 0 Å². The number of fused-ring (bicyclic) bond motifs is 1. The van der Waals surface area contributed by atoms with Crippen molar-refractivity contribution >= 4 is 11.8 Å². The van der Waals surface area contributed by atoms with Crippen molar-refractivity contribution in [1.82, 2.24) is 15.5 Å².